The Hall–Kier alpha value is -1.53. The fourth-order valence-corrected chi connectivity index (χ4v) is 2.94. The van der Waals surface area contributed by atoms with Crippen LogP contribution in [-0.4, -0.2) is 85.1 Å². The van der Waals surface area contributed by atoms with E-state index in [1.54, 1.807) is 0 Å². The predicted molar refractivity (Wildman–Crippen MR) is 96.8 cm³/mol. The molecule has 130 valence electrons. The monoisotopic (exact) mass is 320 g/mol. The lowest BCUT2D eigenvalue weighted by Gasteiger charge is -2.37. The van der Waals surface area contributed by atoms with Gasteiger partial charge in [0.05, 0.1) is 13.1 Å². The minimum atomic E-state index is 0.492. The topological polar surface area (TPSA) is 39.0 Å². The van der Waals surface area contributed by atoms with Crippen LogP contribution in [0, 0.1) is 0 Å². The molecular formula is C17H32N6. The van der Waals surface area contributed by atoms with Crippen molar-refractivity contribution < 1.29 is 0 Å². The van der Waals surface area contributed by atoms with Gasteiger partial charge >= 0.3 is 0 Å². The summed E-state index contributed by atoms with van der Waals surface area (Å²) in [6, 6.07) is 4.73. The molecule has 1 fully saturated rings. The Kier molecular flexibility index (Phi) is 6.47. The SMILES string of the molecule is CCNC(=NCC1CN(C)CCN1C)N(C)Cc1cccn1C. The third-order valence-electron chi connectivity index (χ3n) is 4.58. The number of hydrogen-bond donors (Lipinski definition) is 1. The molecule has 6 nitrogen and oxygen atoms in total. The number of nitrogens with zero attached hydrogens (tertiary/aromatic N) is 5. The first-order valence-electron chi connectivity index (χ1n) is 8.49. The molecule has 1 aromatic rings. The van der Waals surface area contributed by atoms with Crippen molar-refractivity contribution in [2.24, 2.45) is 12.0 Å². The summed E-state index contributed by atoms with van der Waals surface area (Å²) in [5.74, 6) is 0.982. The van der Waals surface area contributed by atoms with E-state index in [4.69, 9.17) is 4.99 Å². The van der Waals surface area contributed by atoms with Gasteiger partial charge in [0.25, 0.3) is 0 Å². The summed E-state index contributed by atoms with van der Waals surface area (Å²) in [5, 5.41) is 3.41. The molecule has 1 N–H and O–H groups in total. The molecule has 1 unspecified atom stereocenters. The van der Waals surface area contributed by atoms with E-state index >= 15 is 0 Å². The molecule has 0 radical (unpaired) electrons. The lowest BCUT2D eigenvalue weighted by Crippen LogP contribution is -2.51. The summed E-state index contributed by atoms with van der Waals surface area (Å²) in [6.45, 7) is 8.04. The molecule has 0 spiro atoms. The number of likely N-dealkylation sites (N-methyl/N-ethyl adjacent to an activating group) is 2. The van der Waals surface area contributed by atoms with Crippen LogP contribution in [0.15, 0.2) is 23.3 Å². The zero-order valence-corrected chi connectivity index (χ0v) is 15.3. The Bertz CT molecular complexity index is 509. The fraction of sp³-hybridized carbons (Fsp3) is 0.706. The minimum Gasteiger partial charge on any atom is -0.357 e. The van der Waals surface area contributed by atoms with Crippen LogP contribution < -0.4 is 5.32 Å². The first-order chi connectivity index (χ1) is 11.0. The quantitative estimate of drug-likeness (QED) is 0.639. The number of nitrogens with one attached hydrogen (secondary N) is 1. The van der Waals surface area contributed by atoms with Crippen molar-refractivity contribution in [3.05, 3.63) is 24.0 Å². The van der Waals surface area contributed by atoms with Crippen molar-refractivity contribution in [3.63, 3.8) is 0 Å². The lowest BCUT2D eigenvalue weighted by molar-refractivity contribution is 0.119. The number of hydrogen-bond acceptors (Lipinski definition) is 3. The molecule has 1 aromatic heterocycles. The molecule has 23 heavy (non-hydrogen) atoms. The summed E-state index contributed by atoms with van der Waals surface area (Å²) < 4.78 is 2.16. The number of piperazine rings is 1. The summed E-state index contributed by atoms with van der Waals surface area (Å²) in [6.07, 6.45) is 2.08. The van der Waals surface area contributed by atoms with Gasteiger partial charge in [0.15, 0.2) is 5.96 Å². The van der Waals surface area contributed by atoms with Gasteiger partial charge in [-0.25, -0.2) is 0 Å². The second kappa shape index (κ2) is 8.36. The van der Waals surface area contributed by atoms with Gasteiger partial charge in [-0.15, -0.1) is 0 Å². The third-order valence-corrected chi connectivity index (χ3v) is 4.58. The van der Waals surface area contributed by atoms with E-state index in [2.05, 4.69) is 78.0 Å². The standard InChI is InChI=1S/C17H32N6/c1-6-18-17(23(5)14-15-8-7-9-21(15)3)19-12-16-13-20(2)10-11-22(16)4/h7-9,16H,6,10-14H2,1-5H3,(H,18,19). The summed E-state index contributed by atoms with van der Waals surface area (Å²) in [5.41, 5.74) is 1.28. The highest BCUT2D eigenvalue weighted by molar-refractivity contribution is 5.79. The van der Waals surface area contributed by atoms with Crippen molar-refractivity contribution in [3.8, 4) is 0 Å². The van der Waals surface area contributed by atoms with Crippen LogP contribution in [-0.2, 0) is 13.6 Å². The fourth-order valence-electron chi connectivity index (χ4n) is 2.94. The molecule has 1 atom stereocenters. The molecular weight excluding hydrogens is 288 g/mol. The van der Waals surface area contributed by atoms with E-state index in [1.807, 2.05) is 0 Å². The third kappa shape index (κ3) is 4.97. The van der Waals surface area contributed by atoms with Gasteiger partial charge in [-0.3, -0.25) is 9.89 Å². The first-order valence-corrected chi connectivity index (χ1v) is 8.49. The van der Waals surface area contributed by atoms with Crippen LogP contribution in [0.5, 0.6) is 0 Å². The predicted octanol–water partition coefficient (Wildman–Crippen LogP) is 0.668. The summed E-state index contributed by atoms with van der Waals surface area (Å²) in [4.78, 5) is 11.9. The minimum absolute atomic E-state index is 0.492. The molecule has 2 heterocycles. The van der Waals surface area contributed by atoms with E-state index in [1.165, 1.54) is 5.69 Å². The van der Waals surface area contributed by atoms with E-state index in [9.17, 15) is 0 Å². The Labute approximate surface area is 140 Å². The average Bonchev–Trinajstić information content (AvgIpc) is 2.91. The van der Waals surface area contributed by atoms with Crippen molar-refractivity contribution >= 4 is 5.96 Å². The van der Waals surface area contributed by atoms with Crippen LogP contribution in [0.25, 0.3) is 0 Å². The van der Waals surface area contributed by atoms with E-state index in [-0.39, 0.29) is 0 Å². The van der Waals surface area contributed by atoms with Gasteiger partial charge in [0.2, 0.25) is 0 Å². The highest BCUT2D eigenvalue weighted by Gasteiger charge is 2.22. The van der Waals surface area contributed by atoms with Crippen molar-refractivity contribution in [1.29, 1.82) is 0 Å². The van der Waals surface area contributed by atoms with Crippen LogP contribution in [0.3, 0.4) is 0 Å². The first kappa shape index (κ1) is 17.8. The van der Waals surface area contributed by atoms with Gasteiger partial charge in [-0.2, -0.15) is 0 Å². The maximum atomic E-state index is 4.89. The van der Waals surface area contributed by atoms with Crippen molar-refractivity contribution in [1.82, 2.24) is 24.6 Å². The van der Waals surface area contributed by atoms with Gasteiger partial charge in [0.1, 0.15) is 0 Å². The Morgan fingerprint density at radius 1 is 1.35 bits per heavy atom. The maximum absolute atomic E-state index is 4.89. The second-order valence-corrected chi connectivity index (χ2v) is 6.56. The van der Waals surface area contributed by atoms with E-state index in [0.29, 0.717) is 6.04 Å². The number of aliphatic imine (C=N–C) groups is 1. The molecule has 0 aliphatic carbocycles. The normalized spacial score (nSPS) is 20.7. The Morgan fingerprint density at radius 2 is 2.13 bits per heavy atom. The van der Waals surface area contributed by atoms with Crippen LogP contribution in [0.2, 0.25) is 0 Å². The Balaban J connectivity index is 1.99. The number of aryl methyl sites for hydroxylation is 1. The number of guanidine groups is 1. The number of aromatic nitrogens is 1. The molecule has 1 aliphatic heterocycles. The highest BCUT2D eigenvalue weighted by Crippen LogP contribution is 2.07. The maximum Gasteiger partial charge on any atom is 0.194 e. The van der Waals surface area contributed by atoms with Crippen LogP contribution >= 0.6 is 0 Å². The van der Waals surface area contributed by atoms with Gasteiger partial charge in [0, 0.05) is 58.2 Å². The van der Waals surface area contributed by atoms with Crippen LogP contribution in [0.1, 0.15) is 12.6 Å². The lowest BCUT2D eigenvalue weighted by atomic mass is 10.2. The van der Waals surface area contributed by atoms with Crippen molar-refractivity contribution in [2.45, 2.75) is 19.5 Å². The molecule has 0 amide bonds. The second-order valence-electron chi connectivity index (χ2n) is 6.56. The highest BCUT2D eigenvalue weighted by atomic mass is 15.3. The molecule has 0 bridgehead atoms. The zero-order valence-electron chi connectivity index (χ0n) is 15.3. The zero-order chi connectivity index (χ0) is 16.8. The largest absolute Gasteiger partial charge is 0.357 e. The number of rotatable bonds is 5. The average molecular weight is 320 g/mol. The van der Waals surface area contributed by atoms with Gasteiger partial charge in [-0.05, 0) is 33.2 Å². The molecule has 0 aromatic carbocycles. The summed E-state index contributed by atoms with van der Waals surface area (Å²) >= 11 is 0. The van der Waals surface area contributed by atoms with Gasteiger partial charge < -0.3 is 19.7 Å². The molecule has 6 heteroatoms. The Morgan fingerprint density at radius 3 is 2.78 bits per heavy atom. The smallest absolute Gasteiger partial charge is 0.194 e. The van der Waals surface area contributed by atoms with Crippen LogP contribution in [0.4, 0.5) is 0 Å². The van der Waals surface area contributed by atoms with E-state index < -0.39 is 0 Å². The molecule has 2 rings (SSSR count). The van der Waals surface area contributed by atoms with E-state index in [0.717, 1.165) is 45.2 Å². The van der Waals surface area contributed by atoms with Crippen molar-refractivity contribution in [2.75, 3.05) is 53.9 Å². The summed E-state index contributed by atoms with van der Waals surface area (Å²) in [7, 11) is 8.58. The molecule has 1 saturated heterocycles. The molecule has 1 aliphatic rings. The van der Waals surface area contributed by atoms with Gasteiger partial charge in [-0.1, -0.05) is 0 Å². The molecule has 0 saturated carbocycles.